The van der Waals surface area contributed by atoms with E-state index in [2.05, 4.69) is 45.9 Å². The molecule has 1 aromatic rings. The van der Waals surface area contributed by atoms with E-state index in [0.717, 1.165) is 58.4 Å². The Balaban J connectivity index is 1.24. The van der Waals surface area contributed by atoms with Crippen molar-refractivity contribution in [3.8, 4) is 0 Å². The molecule has 3 aliphatic rings. The molecule has 1 amide bonds. The number of hydrogen-bond acceptors (Lipinski definition) is 3. The molecule has 4 nitrogen and oxygen atoms in total. The van der Waals surface area contributed by atoms with Crippen LogP contribution in [0, 0.1) is 11.3 Å². The van der Waals surface area contributed by atoms with Gasteiger partial charge in [-0.25, -0.2) is 0 Å². The number of piperidine rings is 1. The van der Waals surface area contributed by atoms with E-state index < -0.39 is 0 Å². The summed E-state index contributed by atoms with van der Waals surface area (Å²) >= 11 is 0. The normalized spacial score (nSPS) is 30.1. The largest absolute Gasteiger partial charge is 0.353 e. The van der Waals surface area contributed by atoms with Crippen LogP contribution in [0.3, 0.4) is 0 Å². The maximum absolute atomic E-state index is 13.1. The first-order valence-electron chi connectivity index (χ1n) is 10.5. The Labute approximate surface area is 157 Å². The van der Waals surface area contributed by atoms with Gasteiger partial charge in [-0.1, -0.05) is 43.2 Å². The molecule has 1 aromatic carbocycles. The van der Waals surface area contributed by atoms with Gasteiger partial charge in [-0.2, -0.15) is 0 Å². The van der Waals surface area contributed by atoms with Gasteiger partial charge < -0.3 is 15.5 Å². The van der Waals surface area contributed by atoms with Crippen LogP contribution in [0.2, 0.25) is 0 Å². The van der Waals surface area contributed by atoms with Crippen LogP contribution in [0.1, 0.15) is 44.1 Å². The molecular weight excluding hydrogens is 322 g/mol. The van der Waals surface area contributed by atoms with Gasteiger partial charge in [0.1, 0.15) is 0 Å². The number of carbonyl (C=O) groups excluding carboxylic acids is 1. The minimum Gasteiger partial charge on any atom is -0.353 e. The minimum absolute atomic E-state index is 0.108. The third-order valence-corrected chi connectivity index (χ3v) is 6.97. The van der Waals surface area contributed by atoms with Crippen LogP contribution in [0.4, 0.5) is 0 Å². The van der Waals surface area contributed by atoms with Gasteiger partial charge in [0, 0.05) is 32.2 Å². The fraction of sp³-hybridized carbons (Fsp3) is 0.682. The highest BCUT2D eigenvalue weighted by Gasteiger charge is 2.50. The zero-order valence-corrected chi connectivity index (χ0v) is 15.9. The molecule has 1 aliphatic carbocycles. The molecule has 2 aliphatic heterocycles. The average Bonchev–Trinajstić information content (AvgIpc) is 3.14. The summed E-state index contributed by atoms with van der Waals surface area (Å²) in [5, 5.41) is 6.93. The lowest BCUT2D eigenvalue weighted by Crippen LogP contribution is -2.53. The summed E-state index contributed by atoms with van der Waals surface area (Å²) in [6.45, 7) is 5.25. The summed E-state index contributed by atoms with van der Waals surface area (Å²) in [7, 11) is 0. The number of fused-ring (bicyclic) bond motifs is 1. The number of benzene rings is 1. The third-order valence-electron chi connectivity index (χ3n) is 6.97. The quantitative estimate of drug-likeness (QED) is 0.853. The standard InChI is InChI=1S/C22H33N3O/c26-21(22-12-5-4-8-19(22)16-23-17-22)24-20-10-14-25(15-11-20)13-9-18-6-2-1-3-7-18/h1-3,6-7,19-20,23H,4-5,8-17H2,(H,24,26)/t19-,22+/m0/s1. The Kier molecular flexibility index (Phi) is 5.60. The van der Waals surface area contributed by atoms with Crippen LogP contribution in [0.15, 0.2) is 30.3 Å². The zero-order chi connectivity index (χ0) is 17.8. The highest BCUT2D eigenvalue weighted by Crippen LogP contribution is 2.44. The molecule has 4 rings (SSSR count). The van der Waals surface area contributed by atoms with Gasteiger partial charge in [0.15, 0.2) is 0 Å². The van der Waals surface area contributed by atoms with Crippen molar-refractivity contribution in [2.24, 2.45) is 11.3 Å². The van der Waals surface area contributed by atoms with Gasteiger partial charge >= 0.3 is 0 Å². The van der Waals surface area contributed by atoms with Gasteiger partial charge in [-0.05, 0) is 50.1 Å². The highest BCUT2D eigenvalue weighted by molar-refractivity contribution is 5.84. The first-order chi connectivity index (χ1) is 12.8. The fourth-order valence-corrected chi connectivity index (χ4v) is 5.25. The van der Waals surface area contributed by atoms with Gasteiger partial charge in [-0.15, -0.1) is 0 Å². The Morgan fingerprint density at radius 1 is 1.15 bits per heavy atom. The molecule has 3 fully saturated rings. The first kappa shape index (κ1) is 18.0. The van der Waals surface area contributed by atoms with E-state index in [0.29, 0.717) is 17.9 Å². The van der Waals surface area contributed by atoms with E-state index in [-0.39, 0.29) is 5.41 Å². The number of amides is 1. The van der Waals surface area contributed by atoms with Crippen molar-refractivity contribution in [3.05, 3.63) is 35.9 Å². The number of carbonyl (C=O) groups is 1. The van der Waals surface area contributed by atoms with Crippen LogP contribution < -0.4 is 10.6 Å². The van der Waals surface area contributed by atoms with Crippen molar-refractivity contribution < 1.29 is 4.79 Å². The van der Waals surface area contributed by atoms with E-state index in [1.54, 1.807) is 0 Å². The molecule has 2 atom stereocenters. The van der Waals surface area contributed by atoms with Crippen LogP contribution in [-0.2, 0) is 11.2 Å². The zero-order valence-electron chi connectivity index (χ0n) is 15.9. The Morgan fingerprint density at radius 2 is 1.96 bits per heavy atom. The van der Waals surface area contributed by atoms with E-state index in [9.17, 15) is 4.79 Å². The van der Waals surface area contributed by atoms with Gasteiger partial charge in [-0.3, -0.25) is 4.79 Å². The molecule has 0 spiro atoms. The molecule has 142 valence electrons. The molecule has 4 heteroatoms. The second-order valence-electron chi connectivity index (χ2n) is 8.55. The van der Waals surface area contributed by atoms with Crippen molar-refractivity contribution in [1.29, 1.82) is 0 Å². The van der Waals surface area contributed by atoms with Crippen molar-refractivity contribution in [1.82, 2.24) is 15.5 Å². The number of hydrogen-bond donors (Lipinski definition) is 2. The van der Waals surface area contributed by atoms with Crippen LogP contribution in [-0.4, -0.2) is 49.6 Å². The minimum atomic E-state index is -0.108. The molecule has 0 aromatic heterocycles. The second-order valence-corrected chi connectivity index (χ2v) is 8.55. The molecule has 0 radical (unpaired) electrons. The average molecular weight is 356 g/mol. The number of likely N-dealkylation sites (tertiary alicyclic amines) is 1. The Morgan fingerprint density at radius 3 is 2.77 bits per heavy atom. The summed E-state index contributed by atoms with van der Waals surface area (Å²) in [6, 6.07) is 11.1. The third kappa shape index (κ3) is 3.81. The fourth-order valence-electron chi connectivity index (χ4n) is 5.25. The number of rotatable bonds is 5. The van der Waals surface area contributed by atoms with Crippen LogP contribution >= 0.6 is 0 Å². The summed E-state index contributed by atoms with van der Waals surface area (Å²) in [5.41, 5.74) is 1.31. The molecule has 2 saturated heterocycles. The smallest absolute Gasteiger partial charge is 0.228 e. The van der Waals surface area contributed by atoms with Crippen molar-refractivity contribution in [2.75, 3.05) is 32.7 Å². The van der Waals surface area contributed by atoms with E-state index in [1.807, 2.05) is 0 Å². The Bertz CT molecular complexity index is 597. The van der Waals surface area contributed by atoms with E-state index in [4.69, 9.17) is 0 Å². The predicted octanol–water partition coefficient (Wildman–Crippen LogP) is 2.59. The summed E-state index contributed by atoms with van der Waals surface area (Å²) in [5.74, 6) is 0.900. The number of nitrogens with one attached hydrogen (secondary N) is 2. The first-order valence-corrected chi connectivity index (χ1v) is 10.5. The van der Waals surface area contributed by atoms with Gasteiger partial charge in [0.2, 0.25) is 5.91 Å². The summed E-state index contributed by atoms with van der Waals surface area (Å²) in [4.78, 5) is 15.6. The van der Waals surface area contributed by atoms with Crippen molar-refractivity contribution >= 4 is 5.91 Å². The summed E-state index contributed by atoms with van der Waals surface area (Å²) < 4.78 is 0. The van der Waals surface area contributed by atoms with Crippen molar-refractivity contribution in [2.45, 2.75) is 51.0 Å². The molecule has 0 bridgehead atoms. The number of nitrogens with zero attached hydrogens (tertiary/aromatic N) is 1. The molecule has 2 heterocycles. The lowest BCUT2D eigenvalue weighted by Gasteiger charge is -2.39. The highest BCUT2D eigenvalue weighted by atomic mass is 16.2. The van der Waals surface area contributed by atoms with Gasteiger partial charge in [0.25, 0.3) is 0 Å². The monoisotopic (exact) mass is 355 g/mol. The van der Waals surface area contributed by atoms with Crippen molar-refractivity contribution in [3.63, 3.8) is 0 Å². The second kappa shape index (κ2) is 8.10. The SMILES string of the molecule is O=C(NC1CCN(CCc2ccccc2)CC1)[C@@]12CCCC[C@H]1CNC2. The van der Waals surface area contributed by atoms with E-state index in [1.165, 1.54) is 24.8 Å². The van der Waals surface area contributed by atoms with E-state index >= 15 is 0 Å². The van der Waals surface area contributed by atoms with Crippen LogP contribution in [0.25, 0.3) is 0 Å². The molecular formula is C22H33N3O. The van der Waals surface area contributed by atoms with Gasteiger partial charge in [0.05, 0.1) is 5.41 Å². The lowest BCUT2D eigenvalue weighted by molar-refractivity contribution is -0.135. The topological polar surface area (TPSA) is 44.4 Å². The Hall–Kier alpha value is -1.39. The lowest BCUT2D eigenvalue weighted by atomic mass is 9.67. The molecule has 26 heavy (non-hydrogen) atoms. The molecule has 2 N–H and O–H groups in total. The predicted molar refractivity (Wildman–Crippen MR) is 105 cm³/mol. The van der Waals surface area contributed by atoms with Crippen LogP contribution in [0.5, 0.6) is 0 Å². The maximum Gasteiger partial charge on any atom is 0.228 e. The molecule has 0 unspecified atom stereocenters. The maximum atomic E-state index is 13.1. The molecule has 1 saturated carbocycles. The summed E-state index contributed by atoms with van der Waals surface area (Å²) in [6.07, 6.45) is 8.10.